The molecular formula is C41H61N. The average Bonchev–Trinajstić information content (AvgIpc) is 3.69. The number of hydrogen-bond donors (Lipinski definition) is 1. The maximum Gasteiger partial charge on any atom is 0.0228 e. The molecule has 6 aliphatic carbocycles. The third-order valence-corrected chi connectivity index (χ3v) is 13.5. The Morgan fingerprint density at radius 2 is 1.69 bits per heavy atom. The molecule has 5 saturated carbocycles. The van der Waals surface area contributed by atoms with Crippen LogP contribution in [0.3, 0.4) is 0 Å². The van der Waals surface area contributed by atoms with Crippen LogP contribution in [0.1, 0.15) is 106 Å². The smallest absolute Gasteiger partial charge is 0.0228 e. The number of benzene rings is 1. The zero-order chi connectivity index (χ0) is 29.8. The van der Waals surface area contributed by atoms with Gasteiger partial charge in [0.2, 0.25) is 0 Å². The lowest BCUT2D eigenvalue weighted by molar-refractivity contribution is -0.0538. The van der Waals surface area contributed by atoms with Gasteiger partial charge in [-0.05, 0) is 116 Å². The van der Waals surface area contributed by atoms with Gasteiger partial charge >= 0.3 is 0 Å². The van der Waals surface area contributed by atoms with Gasteiger partial charge in [-0.3, -0.25) is 0 Å². The molecule has 0 heterocycles. The van der Waals surface area contributed by atoms with Crippen LogP contribution in [-0.4, -0.2) is 5.54 Å². The summed E-state index contributed by atoms with van der Waals surface area (Å²) in [5.41, 5.74) is 13.5. The molecule has 230 valence electrons. The van der Waals surface area contributed by atoms with Gasteiger partial charge in [-0.25, -0.2) is 0 Å². The van der Waals surface area contributed by atoms with E-state index in [0.29, 0.717) is 16.2 Å². The molecule has 0 aromatic heterocycles. The highest BCUT2D eigenvalue weighted by molar-refractivity contribution is 5.44. The molecule has 42 heavy (non-hydrogen) atoms. The maximum absolute atomic E-state index is 6.02. The normalized spacial score (nSPS) is 43.2. The van der Waals surface area contributed by atoms with Crippen molar-refractivity contribution in [3.8, 4) is 0 Å². The second-order valence-electron chi connectivity index (χ2n) is 15.5. The van der Waals surface area contributed by atoms with Gasteiger partial charge < -0.3 is 5.73 Å². The summed E-state index contributed by atoms with van der Waals surface area (Å²) in [6.45, 7) is 26.6. The largest absolute Gasteiger partial charge is 0.325 e. The van der Waals surface area contributed by atoms with E-state index in [1.807, 2.05) is 6.08 Å². The van der Waals surface area contributed by atoms with Gasteiger partial charge in [0.25, 0.3) is 0 Å². The van der Waals surface area contributed by atoms with Crippen LogP contribution >= 0.6 is 0 Å². The Morgan fingerprint density at radius 3 is 2.24 bits per heavy atom. The zero-order valence-electron chi connectivity index (χ0n) is 27.1. The summed E-state index contributed by atoms with van der Waals surface area (Å²) < 4.78 is 0. The molecule has 0 saturated heterocycles. The van der Waals surface area contributed by atoms with Crippen molar-refractivity contribution >= 4 is 0 Å². The second kappa shape index (κ2) is 11.4. The second-order valence-corrected chi connectivity index (χ2v) is 15.5. The van der Waals surface area contributed by atoms with Crippen molar-refractivity contribution < 1.29 is 0 Å². The molecule has 1 aromatic carbocycles. The molecule has 1 nitrogen and oxygen atoms in total. The standard InChI is InChI=1S/C25H36.C11H13N.C4H8.CH4/c1-16(2)25(7)18(4)15-22-20-9-8-19-14-17(3)10-12-23(19,5)21(20)11-13-24(22,25)6;12-11-7-10(11,8-11)6-9-4-2-1-3-5-9;1-3-4-2;/h10,12,14,18,20-22H,1,3,8-9,11,13,15H2,2,4-7H3;1-5H,6-8,12H2;3H,1,4H2,2H3;1H4. The van der Waals surface area contributed by atoms with Gasteiger partial charge in [-0.1, -0.05) is 121 Å². The van der Waals surface area contributed by atoms with Crippen LogP contribution < -0.4 is 5.73 Å². The summed E-state index contributed by atoms with van der Waals surface area (Å²) in [7, 11) is 0. The molecule has 1 aromatic rings. The summed E-state index contributed by atoms with van der Waals surface area (Å²) in [5.74, 6) is 3.31. The van der Waals surface area contributed by atoms with E-state index in [0.717, 1.165) is 30.1 Å². The van der Waals surface area contributed by atoms with Crippen LogP contribution in [0.5, 0.6) is 0 Å². The van der Waals surface area contributed by atoms with Crippen molar-refractivity contribution in [2.45, 2.75) is 112 Å². The Kier molecular flexibility index (Phi) is 8.92. The minimum atomic E-state index is 0. The molecule has 7 rings (SSSR count). The average molecular weight is 568 g/mol. The number of fused-ring (bicyclic) bond motifs is 6. The van der Waals surface area contributed by atoms with E-state index in [2.05, 4.69) is 110 Å². The number of nitrogens with two attached hydrogens (primary N) is 1. The molecule has 0 aliphatic heterocycles. The van der Waals surface area contributed by atoms with Crippen LogP contribution in [0.4, 0.5) is 0 Å². The van der Waals surface area contributed by atoms with Gasteiger partial charge in [0.05, 0.1) is 0 Å². The molecule has 0 amide bonds. The Hall–Kier alpha value is -2.12. The van der Waals surface area contributed by atoms with Crippen molar-refractivity contribution in [3.05, 3.63) is 96.7 Å². The molecule has 0 spiro atoms. The molecule has 0 bridgehead atoms. The van der Waals surface area contributed by atoms with E-state index in [-0.39, 0.29) is 18.4 Å². The fraction of sp³-hybridized carbons (Fsp3) is 0.610. The van der Waals surface area contributed by atoms with Crippen LogP contribution in [0.25, 0.3) is 0 Å². The molecule has 7 atom stereocenters. The van der Waals surface area contributed by atoms with Crippen LogP contribution in [0.2, 0.25) is 0 Å². The minimum absolute atomic E-state index is 0. The van der Waals surface area contributed by atoms with Gasteiger partial charge in [0.1, 0.15) is 0 Å². The number of hydrogen-bond acceptors (Lipinski definition) is 1. The first-order valence-electron chi connectivity index (χ1n) is 16.5. The molecule has 1 heteroatoms. The summed E-state index contributed by atoms with van der Waals surface area (Å²) in [6.07, 6.45) is 20.6. The summed E-state index contributed by atoms with van der Waals surface area (Å²) in [5, 5.41) is 0. The Balaban J connectivity index is 0.000000197. The predicted molar refractivity (Wildman–Crippen MR) is 184 cm³/mol. The number of allylic oxidation sites excluding steroid dienone is 7. The monoisotopic (exact) mass is 567 g/mol. The van der Waals surface area contributed by atoms with E-state index in [1.54, 1.807) is 5.57 Å². The van der Waals surface area contributed by atoms with Crippen LogP contribution in [-0.2, 0) is 6.42 Å². The predicted octanol–water partition coefficient (Wildman–Crippen LogP) is 11.0. The first kappa shape index (κ1) is 32.8. The van der Waals surface area contributed by atoms with Gasteiger partial charge in [-0.15, -0.1) is 6.58 Å². The summed E-state index contributed by atoms with van der Waals surface area (Å²) in [6, 6.07) is 10.7. The minimum Gasteiger partial charge on any atom is -0.325 e. The molecular weight excluding hydrogens is 506 g/mol. The van der Waals surface area contributed by atoms with E-state index < -0.39 is 0 Å². The van der Waals surface area contributed by atoms with Gasteiger partial charge in [0, 0.05) is 11.0 Å². The Bertz CT molecular complexity index is 1240. The highest BCUT2D eigenvalue weighted by atomic mass is 15.0. The van der Waals surface area contributed by atoms with Gasteiger partial charge in [-0.2, -0.15) is 0 Å². The van der Waals surface area contributed by atoms with E-state index in [1.165, 1.54) is 68.1 Å². The fourth-order valence-electron chi connectivity index (χ4n) is 10.1. The Labute approximate surface area is 259 Å². The molecule has 2 N–H and O–H groups in total. The van der Waals surface area contributed by atoms with Gasteiger partial charge in [0.15, 0.2) is 0 Å². The number of rotatable bonds is 4. The third-order valence-electron chi connectivity index (χ3n) is 13.5. The fourth-order valence-corrected chi connectivity index (χ4v) is 10.1. The lowest BCUT2D eigenvalue weighted by Gasteiger charge is -2.59. The van der Waals surface area contributed by atoms with Crippen molar-refractivity contribution in [2.24, 2.45) is 51.1 Å². The lowest BCUT2D eigenvalue weighted by Crippen LogP contribution is -2.51. The summed E-state index contributed by atoms with van der Waals surface area (Å²) in [4.78, 5) is 0. The topological polar surface area (TPSA) is 26.0 Å². The van der Waals surface area contributed by atoms with E-state index in [9.17, 15) is 0 Å². The molecule has 5 fully saturated rings. The quantitative estimate of drug-likeness (QED) is 0.360. The van der Waals surface area contributed by atoms with Crippen molar-refractivity contribution in [1.82, 2.24) is 0 Å². The first-order valence-corrected chi connectivity index (χ1v) is 16.5. The molecule has 0 radical (unpaired) electrons. The molecule has 6 aliphatic rings. The third kappa shape index (κ3) is 5.06. The van der Waals surface area contributed by atoms with E-state index >= 15 is 0 Å². The zero-order valence-corrected chi connectivity index (χ0v) is 27.1. The van der Waals surface area contributed by atoms with Crippen molar-refractivity contribution in [2.75, 3.05) is 0 Å². The summed E-state index contributed by atoms with van der Waals surface area (Å²) >= 11 is 0. The highest BCUT2D eigenvalue weighted by Crippen LogP contribution is 2.78. The van der Waals surface area contributed by atoms with Crippen molar-refractivity contribution in [3.63, 3.8) is 0 Å². The Morgan fingerprint density at radius 1 is 1.07 bits per heavy atom. The van der Waals surface area contributed by atoms with E-state index in [4.69, 9.17) is 5.73 Å². The first-order chi connectivity index (χ1) is 19.3. The lowest BCUT2D eigenvalue weighted by atomic mass is 9.45. The maximum atomic E-state index is 6.02. The van der Waals surface area contributed by atoms with Crippen LogP contribution in [0.15, 0.2) is 91.1 Å². The van der Waals surface area contributed by atoms with Crippen molar-refractivity contribution in [1.29, 1.82) is 0 Å². The molecule has 7 unspecified atom stereocenters. The highest BCUT2D eigenvalue weighted by Gasteiger charge is 2.80. The SMILES string of the molecule is C.C=C1C=CC2(C)C(=C1)CCC1C2CCC2(C)C1CC(C)C2(C)C(=C)C.C=CCC.NC12CC1(Cc1ccccc1)C2. The van der Waals surface area contributed by atoms with Crippen LogP contribution in [0, 0.1) is 45.3 Å².